The van der Waals surface area contributed by atoms with Crippen LogP contribution in [0, 0.1) is 0 Å². The number of hydrogen-bond acceptors (Lipinski definition) is 6. The van der Waals surface area contributed by atoms with E-state index in [0.717, 1.165) is 0 Å². The number of nitrogens with zero attached hydrogens (tertiary/aromatic N) is 3. The zero-order valence-corrected chi connectivity index (χ0v) is 21.2. The SMILES string of the molecule is CCC(=O)Nc1ccc(NC(=O)C(C)Sc2nnc(CC(=O)Nc3cccc(Cl)c3)n2CC)cc1. The Morgan fingerprint density at radius 3 is 2.23 bits per heavy atom. The maximum absolute atomic E-state index is 12.7. The van der Waals surface area contributed by atoms with Gasteiger partial charge in [-0.25, -0.2) is 0 Å². The second-order valence-corrected chi connectivity index (χ2v) is 9.35. The number of amides is 3. The number of rotatable bonds is 10. The third-order valence-electron chi connectivity index (χ3n) is 4.95. The van der Waals surface area contributed by atoms with E-state index in [1.54, 1.807) is 62.4 Å². The number of nitrogens with one attached hydrogen (secondary N) is 3. The fourth-order valence-corrected chi connectivity index (χ4v) is 4.23. The van der Waals surface area contributed by atoms with Crippen LogP contribution in [-0.2, 0) is 27.3 Å². The molecule has 2 aromatic carbocycles. The second-order valence-electron chi connectivity index (χ2n) is 7.61. The number of hydrogen-bond donors (Lipinski definition) is 3. The summed E-state index contributed by atoms with van der Waals surface area (Å²) in [5.41, 5.74) is 1.89. The highest BCUT2D eigenvalue weighted by Gasteiger charge is 2.21. The van der Waals surface area contributed by atoms with E-state index in [0.29, 0.717) is 46.0 Å². The van der Waals surface area contributed by atoms with E-state index in [2.05, 4.69) is 26.1 Å². The van der Waals surface area contributed by atoms with Crippen molar-refractivity contribution in [1.29, 1.82) is 0 Å². The molecule has 11 heteroatoms. The predicted octanol–water partition coefficient (Wildman–Crippen LogP) is 4.60. The van der Waals surface area contributed by atoms with Crippen molar-refractivity contribution in [3.8, 4) is 0 Å². The number of aromatic nitrogens is 3. The van der Waals surface area contributed by atoms with Crippen LogP contribution in [0.25, 0.3) is 0 Å². The Morgan fingerprint density at radius 1 is 0.943 bits per heavy atom. The zero-order valence-electron chi connectivity index (χ0n) is 19.7. The Bertz CT molecular complexity index is 1200. The molecule has 3 aromatic rings. The molecule has 0 spiro atoms. The summed E-state index contributed by atoms with van der Waals surface area (Å²) in [7, 11) is 0. The number of carbonyl (C=O) groups excluding carboxylic acids is 3. The van der Waals surface area contributed by atoms with E-state index in [-0.39, 0.29) is 24.1 Å². The maximum Gasteiger partial charge on any atom is 0.237 e. The first-order valence-electron chi connectivity index (χ1n) is 11.1. The van der Waals surface area contributed by atoms with E-state index >= 15 is 0 Å². The minimum Gasteiger partial charge on any atom is -0.326 e. The van der Waals surface area contributed by atoms with Gasteiger partial charge in [-0.1, -0.05) is 36.4 Å². The molecule has 1 atom stereocenters. The Balaban J connectivity index is 1.58. The average Bonchev–Trinajstić information content (AvgIpc) is 3.20. The van der Waals surface area contributed by atoms with Gasteiger partial charge in [-0.15, -0.1) is 10.2 Å². The van der Waals surface area contributed by atoms with Crippen molar-refractivity contribution in [2.75, 3.05) is 16.0 Å². The molecule has 1 unspecified atom stereocenters. The Labute approximate surface area is 213 Å². The van der Waals surface area contributed by atoms with E-state index < -0.39 is 5.25 Å². The van der Waals surface area contributed by atoms with Crippen molar-refractivity contribution in [3.63, 3.8) is 0 Å². The molecule has 3 N–H and O–H groups in total. The fourth-order valence-electron chi connectivity index (χ4n) is 3.11. The molecule has 0 fully saturated rings. The van der Waals surface area contributed by atoms with Gasteiger partial charge in [0.25, 0.3) is 0 Å². The zero-order chi connectivity index (χ0) is 25.4. The van der Waals surface area contributed by atoms with Gasteiger partial charge in [0.05, 0.1) is 11.7 Å². The van der Waals surface area contributed by atoms with E-state index in [4.69, 9.17) is 11.6 Å². The monoisotopic (exact) mass is 514 g/mol. The summed E-state index contributed by atoms with van der Waals surface area (Å²) in [6, 6.07) is 13.8. The van der Waals surface area contributed by atoms with Crippen molar-refractivity contribution in [3.05, 3.63) is 59.4 Å². The van der Waals surface area contributed by atoms with Crippen LogP contribution < -0.4 is 16.0 Å². The molecule has 3 amide bonds. The molecule has 184 valence electrons. The summed E-state index contributed by atoms with van der Waals surface area (Å²) in [6.07, 6.45) is 0.430. The van der Waals surface area contributed by atoms with Crippen LogP contribution in [0.1, 0.15) is 33.0 Å². The van der Waals surface area contributed by atoms with Gasteiger partial charge in [-0.3, -0.25) is 14.4 Å². The van der Waals surface area contributed by atoms with Crippen molar-refractivity contribution in [1.82, 2.24) is 14.8 Å². The summed E-state index contributed by atoms with van der Waals surface area (Å²) >= 11 is 7.23. The lowest BCUT2D eigenvalue weighted by Gasteiger charge is -2.13. The van der Waals surface area contributed by atoms with Crippen LogP contribution in [0.2, 0.25) is 5.02 Å². The molecular formula is C24H27ClN6O3S. The first-order chi connectivity index (χ1) is 16.8. The highest BCUT2D eigenvalue weighted by molar-refractivity contribution is 8.00. The predicted molar refractivity (Wildman–Crippen MR) is 139 cm³/mol. The van der Waals surface area contributed by atoms with Crippen LogP contribution in [0.3, 0.4) is 0 Å². The van der Waals surface area contributed by atoms with Gasteiger partial charge in [0.2, 0.25) is 17.7 Å². The average molecular weight is 515 g/mol. The van der Waals surface area contributed by atoms with Crippen molar-refractivity contribution >= 4 is 58.1 Å². The van der Waals surface area contributed by atoms with E-state index in [1.807, 2.05) is 11.5 Å². The standard InChI is InChI=1S/C24H27ClN6O3S/c1-4-21(32)26-17-9-11-18(12-10-17)28-23(34)15(3)35-24-30-29-20(31(24)5-2)14-22(33)27-19-8-6-7-16(25)13-19/h6-13,15H,4-5,14H2,1-3H3,(H,26,32)(H,27,33)(H,28,34). The molecule has 0 saturated carbocycles. The minimum atomic E-state index is -0.461. The Morgan fingerprint density at radius 2 is 1.60 bits per heavy atom. The van der Waals surface area contributed by atoms with Gasteiger partial charge < -0.3 is 20.5 Å². The van der Waals surface area contributed by atoms with Gasteiger partial charge in [-0.2, -0.15) is 0 Å². The van der Waals surface area contributed by atoms with Gasteiger partial charge in [0.1, 0.15) is 5.82 Å². The molecule has 3 rings (SSSR count). The lowest BCUT2D eigenvalue weighted by Crippen LogP contribution is -2.23. The normalized spacial score (nSPS) is 11.5. The molecule has 0 aliphatic heterocycles. The Hall–Kier alpha value is -3.37. The summed E-state index contributed by atoms with van der Waals surface area (Å²) in [5, 5.41) is 17.4. The maximum atomic E-state index is 12.7. The van der Waals surface area contributed by atoms with Crippen molar-refractivity contribution < 1.29 is 14.4 Å². The number of halogens is 1. The molecule has 0 radical (unpaired) electrons. The van der Waals surface area contributed by atoms with Crippen LogP contribution in [0.5, 0.6) is 0 Å². The number of benzene rings is 2. The lowest BCUT2D eigenvalue weighted by atomic mass is 10.2. The largest absolute Gasteiger partial charge is 0.326 e. The summed E-state index contributed by atoms with van der Waals surface area (Å²) in [6.45, 7) is 6.03. The smallest absolute Gasteiger partial charge is 0.237 e. The number of thioether (sulfide) groups is 1. The molecule has 1 heterocycles. The highest BCUT2D eigenvalue weighted by Crippen LogP contribution is 2.24. The molecule has 35 heavy (non-hydrogen) atoms. The molecule has 1 aromatic heterocycles. The van der Waals surface area contributed by atoms with Crippen molar-refractivity contribution in [2.24, 2.45) is 0 Å². The first-order valence-corrected chi connectivity index (χ1v) is 12.4. The molecule has 0 saturated heterocycles. The minimum absolute atomic E-state index is 0.0371. The summed E-state index contributed by atoms with van der Waals surface area (Å²) in [5.74, 6) is -0.0125. The summed E-state index contributed by atoms with van der Waals surface area (Å²) in [4.78, 5) is 36.7. The highest BCUT2D eigenvalue weighted by atomic mass is 35.5. The number of carbonyl (C=O) groups is 3. The molecular weight excluding hydrogens is 488 g/mol. The topological polar surface area (TPSA) is 118 Å². The molecule has 0 aliphatic carbocycles. The molecule has 0 bridgehead atoms. The van der Waals surface area contributed by atoms with Crippen molar-refractivity contribution in [2.45, 2.75) is 50.6 Å². The van der Waals surface area contributed by atoms with Crippen LogP contribution in [0.4, 0.5) is 17.1 Å². The molecule has 0 aliphatic rings. The molecule has 9 nitrogen and oxygen atoms in total. The van der Waals surface area contributed by atoms with E-state index in [9.17, 15) is 14.4 Å². The first kappa shape index (κ1) is 26.2. The third-order valence-corrected chi connectivity index (χ3v) is 6.26. The second kappa shape index (κ2) is 12.4. The van der Waals surface area contributed by atoms with Crippen LogP contribution in [-0.4, -0.2) is 37.7 Å². The Kier molecular flexibility index (Phi) is 9.27. The number of anilines is 3. The fraction of sp³-hybridized carbons (Fsp3) is 0.292. The quantitative estimate of drug-likeness (QED) is 0.340. The van der Waals surface area contributed by atoms with Gasteiger partial charge >= 0.3 is 0 Å². The van der Waals surface area contributed by atoms with Gasteiger partial charge in [0, 0.05) is 35.1 Å². The third kappa shape index (κ3) is 7.56. The van der Waals surface area contributed by atoms with E-state index in [1.165, 1.54) is 11.8 Å². The lowest BCUT2D eigenvalue weighted by molar-refractivity contribution is -0.116. The summed E-state index contributed by atoms with van der Waals surface area (Å²) < 4.78 is 1.82. The van der Waals surface area contributed by atoms with Crippen LogP contribution in [0.15, 0.2) is 53.7 Å². The van der Waals surface area contributed by atoms with Gasteiger partial charge in [-0.05, 0) is 56.3 Å². The van der Waals surface area contributed by atoms with Gasteiger partial charge in [0.15, 0.2) is 5.16 Å². The van der Waals surface area contributed by atoms with Crippen LogP contribution >= 0.6 is 23.4 Å².